The summed E-state index contributed by atoms with van der Waals surface area (Å²) in [6.45, 7) is 12.9. The van der Waals surface area contributed by atoms with Crippen LogP contribution in [0.15, 0.2) is 84.9 Å². The summed E-state index contributed by atoms with van der Waals surface area (Å²) in [5, 5.41) is 0. The van der Waals surface area contributed by atoms with E-state index in [0.29, 0.717) is 0 Å². The zero-order valence-electron chi connectivity index (χ0n) is 19.1. The van der Waals surface area contributed by atoms with Gasteiger partial charge in [-0.1, -0.05) is 96.1 Å². The second-order valence-electron chi connectivity index (χ2n) is 8.27. The zero-order valence-corrected chi connectivity index (χ0v) is 19.1. The SMILES string of the molecule is Cc1ccc(-c2ccccc2C)c(C)c1.Cc1ccc(C)c(-c2ccccc2C)c1. The smallest absolute Gasteiger partial charge is 0.0149 e. The molecule has 0 aliphatic carbocycles. The van der Waals surface area contributed by atoms with Crippen LogP contribution in [0.3, 0.4) is 0 Å². The average Bonchev–Trinajstić information content (AvgIpc) is 2.72. The van der Waals surface area contributed by atoms with Gasteiger partial charge in [0.15, 0.2) is 0 Å². The first-order valence-corrected chi connectivity index (χ1v) is 10.6. The molecule has 0 heterocycles. The first-order chi connectivity index (χ1) is 14.4. The molecule has 0 aromatic heterocycles. The Bertz CT molecular complexity index is 1150. The van der Waals surface area contributed by atoms with Gasteiger partial charge in [0.1, 0.15) is 0 Å². The third kappa shape index (κ3) is 5.07. The van der Waals surface area contributed by atoms with Crippen molar-refractivity contribution in [2.75, 3.05) is 0 Å². The fraction of sp³-hybridized carbons (Fsp3) is 0.200. The maximum Gasteiger partial charge on any atom is -0.0149 e. The van der Waals surface area contributed by atoms with E-state index in [4.69, 9.17) is 0 Å². The zero-order chi connectivity index (χ0) is 21.7. The Morgan fingerprint density at radius 1 is 0.333 bits per heavy atom. The fourth-order valence-electron chi connectivity index (χ4n) is 3.89. The third-order valence-corrected chi connectivity index (χ3v) is 5.65. The normalized spacial score (nSPS) is 10.3. The molecule has 0 heteroatoms. The van der Waals surface area contributed by atoms with Crippen molar-refractivity contribution >= 4 is 0 Å². The van der Waals surface area contributed by atoms with Gasteiger partial charge in [-0.15, -0.1) is 0 Å². The van der Waals surface area contributed by atoms with E-state index in [0.717, 1.165) is 0 Å². The maximum absolute atomic E-state index is 2.26. The molecule has 4 aromatic carbocycles. The topological polar surface area (TPSA) is 0 Å². The van der Waals surface area contributed by atoms with Crippen molar-refractivity contribution in [3.05, 3.63) is 118 Å². The molecule has 152 valence electrons. The molecule has 0 saturated carbocycles. The Morgan fingerprint density at radius 3 is 1.33 bits per heavy atom. The second kappa shape index (κ2) is 9.59. The molecule has 0 N–H and O–H groups in total. The van der Waals surface area contributed by atoms with Gasteiger partial charge >= 0.3 is 0 Å². The Hall–Kier alpha value is -3.12. The molecule has 4 rings (SSSR count). The fourth-order valence-corrected chi connectivity index (χ4v) is 3.89. The molecule has 0 fully saturated rings. The van der Waals surface area contributed by atoms with E-state index in [-0.39, 0.29) is 0 Å². The third-order valence-electron chi connectivity index (χ3n) is 5.65. The molecule has 4 aromatic rings. The number of hydrogen-bond donors (Lipinski definition) is 0. The Morgan fingerprint density at radius 2 is 0.767 bits per heavy atom. The molecule has 0 saturated heterocycles. The van der Waals surface area contributed by atoms with Crippen LogP contribution in [0, 0.1) is 41.5 Å². The monoisotopic (exact) mass is 392 g/mol. The highest BCUT2D eigenvalue weighted by Crippen LogP contribution is 2.28. The molecule has 0 nitrogen and oxygen atoms in total. The number of aryl methyl sites for hydroxylation is 6. The van der Waals surface area contributed by atoms with Crippen LogP contribution in [0.25, 0.3) is 22.3 Å². The number of rotatable bonds is 2. The van der Waals surface area contributed by atoms with Crippen LogP contribution in [0.1, 0.15) is 33.4 Å². The summed E-state index contributed by atoms with van der Waals surface area (Å²) in [6, 6.07) is 30.3. The lowest BCUT2D eigenvalue weighted by atomic mass is 9.95. The van der Waals surface area contributed by atoms with E-state index in [1.807, 2.05) is 0 Å². The van der Waals surface area contributed by atoms with Crippen molar-refractivity contribution in [1.82, 2.24) is 0 Å². The summed E-state index contributed by atoms with van der Waals surface area (Å²) in [6.07, 6.45) is 0. The molecule has 0 atom stereocenters. The van der Waals surface area contributed by atoms with Gasteiger partial charge in [-0.25, -0.2) is 0 Å². The minimum Gasteiger partial charge on any atom is -0.0620 e. The van der Waals surface area contributed by atoms with Gasteiger partial charge in [-0.3, -0.25) is 0 Å². The molecule has 0 aliphatic rings. The number of benzene rings is 4. The molecule has 0 radical (unpaired) electrons. The standard InChI is InChI=1S/2C15H16/c1-11-8-9-15(13(3)10-11)14-7-5-4-6-12(14)2;1-11-8-9-13(3)15(10-11)14-7-5-4-6-12(14)2/h2*4-10H,1-3H3. The molecule has 0 amide bonds. The molecule has 30 heavy (non-hydrogen) atoms. The van der Waals surface area contributed by atoms with Crippen molar-refractivity contribution < 1.29 is 0 Å². The summed E-state index contributed by atoms with van der Waals surface area (Å²) in [7, 11) is 0. The van der Waals surface area contributed by atoms with E-state index >= 15 is 0 Å². The quantitative estimate of drug-likeness (QED) is 0.320. The van der Waals surface area contributed by atoms with Crippen LogP contribution < -0.4 is 0 Å². The van der Waals surface area contributed by atoms with Gasteiger partial charge in [-0.2, -0.15) is 0 Å². The Labute approximate surface area is 182 Å². The maximum atomic E-state index is 2.26. The summed E-state index contributed by atoms with van der Waals surface area (Å²) in [5.41, 5.74) is 13.4. The molecule has 0 bridgehead atoms. The Kier molecular flexibility index (Phi) is 6.90. The van der Waals surface area contributed by atoms with Crippen LogP contribution in [-0.2, 0) is 0 Å². The van der Waals surface area contributed by atoms with Crippen molar-refractivity contribution in [2.45, 2.75) is 41.5 Å². The number of hydrogen-bond acceptors (Lipinski definition) is 0. The lowest BCUT2D eigenvalue weighted by Gasteiger charge is -2.09. The second-order valence-corrected chi connectivity index (χ2v) is 8.27. The summed E-state index contributed by atoms with van der Waals surface area (Å²) in [5.74, 6) is 0. The highest BCUT2D eigenvalue weighted by atomic mass is 14.1. The van der Waals surface area contributed by atoms with E-state index < -0.39 is 0 Å². The summed E-state index contributed by atoms with van der Waals surface area (Å²) >= 11 is 0. The lowest BCUT2D eigenvalue weighted by Crippen LogP contribution is -1.87. The lowest BCUT2D eigenvalue weighted by molar-refractivity contribution is 1.36. The minimum atomic E-state index is 1.32. The van der Waals surface area contributed by atoms with Crippen LogP contribution in [0.4, 0.5) is 0 Å². The average molecular weight is 393 g/mol. The van der Waals surface area contributed by atoms with Crippen LogP contribution in [0.2, 0.25) is 0 Å². The predicted molar refractivity (Wildman–Crippen MR) is 132 cm³/mol. The molecule has 0 aliphatic heterocycles. The van der Waals surface area contributed by atoms with Crippen molar-refractivity contribution in [2.24, 2.45) is 0 Å². The van der Waals surface area contributed by atoms with Gasteiger partial charge in [0, 0.05) is 0 Å². The van der Waals surface area contributed by atoms with Crippen LogP contribution >= 0.6 is 0 Å². The first-order valence-electron chi connectivity index (χ1n) is 10.6. The predicted octanol–water partition coefficient (Wildman–Crippen LogP) is 8.56. The molecule has 0 unspecified atom stereocenters. The van der Waals surface area contributed by atoms with E-state index in [1.165, 1.54) is 55.6 Å². The van der Waals surface area contributed by atoms with Crippen LogP contribution in [-0.4, -0.2) is 0 Å². The van der Waals surface area contributed by atoms with Crippen molar-refractivity contribution in [3.63, 3.8) is 0 Å². The van der Waals surface area contributed by atoms with Gasteiger partial charge < -0.3 is 0 Å². The van der Waals surface area contributed by atoms with Gasteiger partial charge in [-0.05, 0) is 86.1 Å². The largest absolute Gasteiger partial charge is 0.0620 e. The highest BCUT2D eigenvalue weighted by Gasteiger charge is 2.05. The molecular formula is C30H32. The van der Waals surface area contributed by atoms with Gasteiger partial charge in [0.25, 0.3) is 0 Å². The summed E-state index contributed by atoms with van der Waals surface area (Å²) < 4.78 is 0. The summed E-state index contributed by atoms with van der Waals surface area (Å²) in [4.78, 5) is 0. The van der Waals surface area contributed by atoms with Crippen LogP contribution in [0.5, 0.6) is 0 Å². The van der Waals surface area contributed by atoms with E-state index in [9.17, 15) is 0 Å². The molecular weight excluding hydrogens is 360 g/mol. The van der Waals surface area contributed by atoms with Gasteiger partial charge in [0.05, 0.1) is 0 Å². The Balaban J connectivity index is 0.000000171. The van der Waals surface area contributed by atoms with E-state index in [2.05, 4.69) is 126 Å². The highest BCUT2D eigenvalue weighted by molar-refractivity contribution is 5.71. The first kappa shape index (κ1) is 21.6. The van der Waals surface area contributed by atoms with E-state index in [1.54, 1.807) is 0 Å². The van der Waals surface area contributed by atoms with Gasteiger partial charge in [0.2, 0.25) is 0 Å². The van der Waals surface area contributed by atoms with Crippen molar-refractivity contribution in [1.29, 1.82) is 0 Å². The van der Waals surface area contributed by atoms with Crippen molar-refractivity contribution in [3.8, 4) is 22.3 Å². The minimum absolute atomic E-state index is 1.32. The molecule has 0 spiro atoms.